The first-order valence-corrected chi connectivity index (χ1v) is 7.54. The molecule has 0 atom stereocenters. The van der Waals surface area contributed by atoms with Crippen LogP contribution in [0.1, 0.15) is 22.6 Å². The molecule has 1 heterocycles. The van der Waals surface area contributed by atoms with Crippen LogP contribution < -0.4 is 4.72 Å². The summed E-state index contributed by atoms with van der Waals surface area (Å²) in [6, 6.07) is 1.81. The Morgan fingerprint density at radius 1 is 1.60 bits per heavy atom. The van der Waals surface area contributed by atoms with Gasteiger partial charge in [-0.2, -0.15) is 0 Å². The monoisotopic (exact) mass is 265 g/mol. The molecule has 3 nitrogen and oxygen atoms in total. The van der Waals surface area contributed by atoms with Crippen LogP contribution in [0.25, 0.3) is 0 Å². The van der Waals surface area contributed by atoms with Crippen LogP contribution in [-0.4, -0.2) is 14.5 Å². The van der Waals surface area contributed by atoms with E-state index in [2.05, 4.69) is 4.72 Å². The predicted octanol–water partition coefficient (Wildman–Crippen LogP) is 2.24. The molecule has 1 aromatic heterocycles. The largest absolute Gasteiger partial charge is 0.241 e. The number of hydrogen-bond acceptors (Lipinski definition) is 3. The molecule has 0 amide bonds. The minimum absolute atomic E-state index is 0.147. The Morgan fingerprint density at radius 2 is 2.27 bits per heavy atom. The normalized spacial score (nSPS) is 16.9. The molecule has 0 aliphatic heterocycles. The summed E-state index contributed by atoms with van der Waals surface area (Å²) in [4.78, 5) is 2.08. The highest BCUT2D eigenvalue weighted by molar-refractivity contribution is 7.89. The van der Waals surface area contributed by atoms with Crippen LogP contribution in [0.4, 0.5) is 0 Å². The highest BCUT2D eigenvalue weighted by Gasteiger charge is 2.29. The van der Waals surface area contributed by atoms with E-state index >= 15 is 0 Å². The van der Waals surface area contributed by atoms with Crippen molar-refractivity contribution >= 4 is 33.0 Å². The van der Waals surface area contributed by atoms with E-state index in [4.69, 9.17) is 11.6 Å². The number of thiophene rings is 1. The SMILES string of the molecule is Cc1sc(CCl)cc1S(=O)(=O)NC1CC1. The maximum atomic E-state index is 11.9. The maximum absolute atomic E-state index is 11.9. The zero-order valence-electron chi connectivity index (χ0n) is 8.29. The van der Waals surface area contributed by atoms with E-state index in [0.29, 0.717) is 10.8 Å². The number of alkyl halides is 1. The lowest BCUT2D eigenvalue weighted by molar-refractivity contribution is 0.581. The number of aryl methyl sites for hydroxylation is 1. The highest BCUT2D eigenvalue weighted by atomic mass is 35.5. The highest BCUT2D eigenvalue weighted by Crippen LogP contribution is 2.29. The second kappa shape index (κ2) is 4.05. The van der Waals surface area contributed by atoms with Crippen LogP contribution in [0.2, 0.25) is 0 Å². The fourth-order valence-electron chi connectivity index (χ4n) is 1.34. The van der Waals surface area contributed by atoms with Crippen molar-refractivity contribution in [1.82, 2.24) is 4.72 Å². The van der Waals surface area contributed by atoms with Crippen molar-refractivity contribution in [2.75, 3.05) is 0 Å². The predicted molar refractivity (Wildman–Crippen MR) is 62.0 cm³/mol. The summed E-state index contributed by atoms with van der Waals surface area (Å²) in [5, 5.41) is 0. The average Bonchev–Trinajstić information content (AvgIpc) is 2.85. The number of halogens is 1. The van der Waals surface area contributed by atoms with Gasteiger partial charge >= 0.3 is 0 Å². The molecule has 0 unspecified atom stereocenters. The summed E-state index contributed by atoms with van der Waals surface area (Å²) < 4.78 is 26.4. The molecular weight excluding hydrogens is 254 g/mol. The van der Waals surface area contributed by atoms with Gasteiger partial charge < -0.3 is 0 Å². The van der Waals surface area contributed by atoms with Crippen molar-refractivity contribution < 1.29 is 8.42 Å². The van der Waals surface area contributed by atoms with Crippen molar-refractivity contribution in [3.05, 3.63) is 15.8 Å². The zero-order valence-corrected chi connectivity index (χ0v) is 10.7. The first kappa shape index (κ1) is 11.4. The molecule has 0 saturated heterocycles. The van der Waals surface area contributed by atoms with Gasteiger partial charge in [-0.3, -0.25) is 0 Å². The topological polar surface area (TPSA) is 46.2 Å². The lowest BCUT2D eigenvalue weighted by Crippen LogP contribution is -2.25. The second-order valence-electron chi connectivity index (χ2n) is 3.66. The summed E-state index contributed by atoms with van der Waals surface area (Å²) in [5.41, 5.74) is 0. The van der Waals surface area contributed by atoms with Gasteiger partial charge in [-0.25, -0.2) is 13.1 Å². The number of sulfonamides is 1. The Balaban J connectivity index is 2.30. The van der Waals surface area contributed by atoms with Crippen molar-refractivity contribution in [2.24, 2.45) is 0 Å². The molecule has 0 spiro atoms. The first-order chi connectivity index (χ1) is 7.03. The molecular formula is C9H12ClNO2S2. The van der Waals surface area contributed by atoms with Crippen LogP contribution >= 0.6 is 22.9 Å². The van der Waals surface area contributed by atoms with E-state index in [1.165, 1.54) is 11.3 Å². The number of nitrogens with one attached hydrogen (secondary N) is 1. The van der Waals surface area contributed by atoms with Gasteiger partial charge in [0, 0.05) is 15.8 Å². The van der Waals surface area contributed by atoms with Crippen molar-refractivity contribution in [2.45, 2.75) is 36.6 Å². The van der Waals surface area contributed by atoms with Gasteiger partial charge in [0.1, 0.15) is 0 Å². The lowest BCUT2D eigenvalue weighted by atomic mass is 10.4. The van der Waals surface area contributed by atoms with Crippen molar-refractivity contribution in [3.63, 3.8) is 0 Å². The summed E-state index contributed by atoms with van der Waals surface area (Å²) >= 11 is 7.11. The van der Waals surface area contributed by atoms with Gasteiger partial charge in [0.25, 0.3) is 0 Å². The summed E-state index contributed by atoms with van der Waals surface area (Å²) in [7, 11) is -3.32. The van der Waals surface area contributed by atoms with Crippen molar-refractivity contribution in [1.29, 1.82) is 0 Å². The van der Waals surface area contributed by atoms with Gasteiger partial charge in [-0.05, 0) is 25.8 Å². The Bertz CT molecular complexity index is 462. The molecule has 6 heteroatoms. The van der Waals surface area contributed by atoms with Gasteiger partial charge in [-0.1, -0.05) is 0 Å². The molecule has 1 aliphatic carbocycles. The molecule has 84 valence electrons. The minimum atomic E-state index is -3.32. The standard InChI is InChI=1S/C9H12ClNO2S2/c1-6-9(4-8(5-10)14-6)15(12,13)11-7-2-3-7/h4,7,11H,2-3,5H2,1H3. The number of rotatable bonds is 4. The van der Waals surface area contributed by atoms with Crippen LogP contribution in [-0.2, 0) is 15.9 Å². The van der Waals surface area contributed by atoms with Gasteiger partial charge in [0.05, 0.1) is 10.8 Å². The van der Waals surface area contributed by atoms with Crippen molar-refractivity contribution in [3.8, 4) is 0 Å². The molecule has 1 N–H and O–H groups in total. The van der Waals surface area contributed by atoms with Gasteiger partial charge in [0.15, 0.2) is 0 Å². The van der Waals surface area contributed by atoms with E-state index in [0.717, 1.165) is 22.6 Å². The molecule has 1 fully saturated rings. The van der Waals surface area contributed by atoms with E-state index < -0.39 is 10.0 Å². The first-order valence-electron chi connectivity index (χ1n) is 4.70. The second-order valence-corrected chi connectivity index (χ2v) is 6.95. The maximum Gasteiger partial charge on any atom is 0.241 e. The fourth-order valence-corrected chi connectivity index (χ4v) is 4.37. The zero-order chi connectivity index (χ0) is 11.1. The Kier molecular flexibility index (Phi) is 3.07. The Morgan fingerprint density at radius 3 is 2.73 bits per heavy atom. The third kappa shape index (κ3) is 2.53. The summed E-state index contributed by atoms with van der Waals surface area (Å²) in [6.45, 7) is 1.81. The molecule has 0 bridgehead atoms. The molecule has 1 aliphatic rings. The average molecular weight is 266 g/mol. The summed E-state index contributed by atoms with van der Waals surface area (Å²) in [6.07, 6.45) is 1.90. The van der Waals surface area contributed by atoms with E-state index in [1.54, 1.807) is 6.07 Å². The molecule has 15 heavy (non-hydrogen) atoms. The summed E-state index contributed by atoms with van der Waals surface area (Å²) in [5.74, 6) is 0.366. The Hall–Kier alpha value is -0.100. The molecule has 1 saturated carbocycles. The van der Waals surface area contributed by atoms with E-state index in [1.807, 2.05) is 6.92 Å². The quantitative estimate of drug-likeness (QED) is 0.849. The minimum Gasteiger partial charge on any atom is -0.208 e. The third-order valence-electron chi connectivity index (χ3n) is 2.24. The fraction of sp³-hybridized carbons (Fsp3) is 0.556. The van der Waals surface area contributed by atoms with Gasteiger partial charge in [-0.15, -0.1) is 22.9 Å². The third-order valence-corrected chi connectivity index (χ3v) is 5.52. The van der Waals surface area contributed by atoms with E-state index in [9.17, 15) is 8.42 Å². The van der Waals surface area contributed by atoms with Crippen LogP contribution in [0, 0.1) is 6.92 Å². The number of hydrogen-bond donors (Lipinski definition) is 1. The van der Waals surface area contributed by atoms with Crippen LogP contribution in [0.15, 0.2) is 11.0 Å². The van der Waals surface area contributed by atoms with Crippen LogP contribution in [0.5, 0.6) is 0 Å². The molecule has 1 aromatic rings. The smallest absolute Gasteiger partial charge is 0.208 e. The Labute approximate surface area is 98.5 Å². The van der Waals surface area contributed by atoms with Gasteiger partial charge in [0.2, 0.25) is 10.0 Å². The molecule has 2 rings (SSSR count). The lowest BCUT2D eigenvalue weighted by Gasteiger charge is -2.03. The molecule has 0 radical (unpaired) electrons. The van der Waals surface area contributed by atoms with E-state index in [-0.39, 0.29) is 6.04 Å². The van der Waals surface area contributed by atoms with Crippen LogP contribution in [0.3, 0.4) is 0 Å². The molecule has 0 aromatic carbocycles.